The fourth-order valence-electron chi connectivity index (χ4n) is 2.93. The minimum atomic E-state index is 0.488. The lowest BCUT2D eigenvalue weighted by atomic mass is 9.90. The van der Waals surface area contributed by atoms with Crippen LogP contribution in [0.3, 0.4) is 0 Å². The zero-order valence-corrected chi connectivity index (χ0v) is 12.8. The molecule has 0 spiro atoms. The molecule has 1 heteroatoms. The Morgan fingerprint density at radius 2 is 1.33 bits per heavy atom. The van der Waals surface area contributed by atoms with E-state index in [0.717, 1.165) is 15.6 Å². The molecule has 0 atom stereocenters. The first-order valence-corrected chi connectivity index (χ1v) is 8.62. The average Bonchev–Trinajstić information content (AvgIpc) is 2.44. The second kappa shape index (κ2) is 5.01. The van der Waals surface area contributed by atoms with Crippen LogP contribution in [-0.4, -0.2) is 9.52 Å². The van der Waals surface area contributed by atoms with E-state index in [4.69, 9.17) is 0 Å². The minimum Gasteiger partial charge on any atom is -0.103 e. The first kappa shape index (κ1) is 12.6. The highest BCUT2D eigenvalue weighted by atomic mass is 28.2. The molecule has 2 aromatic carbocycles. The second-order valence-electron chi connectivity index (χ2n) is 5.57. The highest BCUT2D eigenvalue weighted by Crippen LogP contribution is 2.33. The van der Waals surface area contributed by atoms with Gasteiger partial charge >= 0.3 is 0 Å². The molecular weight excluding hydrogens is 268 g/mol. The van der Waals surface area contributed by atoms with Gasteiger partial charge in [-0.3, -0.25) is 0 Å². The second-order valence-corrected chi connectivity index (χ2v) is 6.97. The van der Waals surface area contributed by atoms with Gasteiger partial charge in [0.1, 0.15) is 0 Å². The van der Waals surface area contributed by atoms with Crippen LogP contribution < -0.4 is 0 Å². The SMILES string of the molecule is C=CC[Si]C(c1ccc2c(c1)C=C2)c1ccc2c(c1)C=C2. The Hall–Kier alpha value is -2.12. The maximum Gasteiger partial charge on any atom is 0.0576 e. The topological polar surface area (TPSA) is 0 Å². The normalized spacial score (nSPS) is 13.4. The van der Waals surface area contributed by atoms with Crippen LogP contribution in [-0.2, 0) is 0 Å². The van der Waals surface area contributed by atoms with Crippen LogP contribution in [0.25, 0.3) is 24.3 Å². The molecule has 0 fully saturated rings. The summed E-state index contributed by atoms with van der Waals surface area (Å²) in [4.78, 5) is 0. The van der Waals surface area contributed by atoms with Gasteiger partial charge in [0.25, 0.3) is 0 Å². The molecule has 0 N–H and O–H groups in total. The average molecular weight is 284 g/mol. The summed E-state index contributed by atoms with van der Waals surface area (Å²) < 4.78 is 0. The van der Waals surface area contributed by atoms with Gasteiger partial charge in [0.2, 0.25) is 0 Å². The molecule has 2 aromatic rings. The third kappa shape index (κ3) is 2.14. The van der Waals surface area contributed by atoms with Crippen molar-refractivity contribution in [3.05, 3.63) is 82.4 Å². The molecule has 0 nitrogen and oxygen atoms in total. The summed E-state index contributed by atoms with van der Waals surface area (Å²) >= 11 is 0. The Labute approximate surface area is 128 Å². The summed E-state index contributed by atoms with van der Waals surface area (Å²) in [6, 6.07) is 14.9. The Morgan fingerprint density at radius 1 is 0.810 bits per heavy atom. The van der Waals surface area contributed by atoms with E-state index in [1.165, 1.54) is 33.4 Å². The molecular formula is C20H16Si. The van der Waals surface area contributed by atoms with Gasteiger partial charge in [0.15, 0.2) is 0 Å². The monoisotopic (exact) mass is 284 g/mol. The van der Waals surface area contributed by atoms with Crippen LogP contribution in [0.2, 0.25) is 6.04 Å². The number of hydrogen-bond acceptors (Lipinski definition) is 0. The van der Waals surface area contributed by atoms with Crippen molar-refractivity contribution in [3.8, 4) is 0 Å². The van der Waals surface area contributed by atoms with Crippen LogP contribution in [0.5, 0.6) is 0 Å². The van der Waals surface area contributed by atoms with Gasteiger partial charge in [-0.1, -0.05) is 66.8 Å². The molecule has 0 amide bonds. The van der Waals surface area contributed by atoms with Gasteiger partial charge in [-0.2, -0.15) is 0 Å². The molecule has 0 aliphatic heterocycles. The lowest BCUT2D eigenvalue weighted by Crippen LogP contribution is -2.11. The number of benzene rings is 2. The van der Waals surface area contributed by atoms with Gasteiger partial charge in [-0.05, 0) is 45.0 Å². The van der Waals surface area contributed by atoms with Crippen molar-refractivity contribution in [2.75, 3.05) is 0 Å². The predicted octanol–water partition coefficient (Wildman–Crippen LogP) is 5.05. The summed E-state index contributed by atoms with van der Waals surface area (Å²) in [6.07, 6.45) is 10.8. The summed E-state index contributed by atoms with van der Waals surface area (Å²) in [6.45, 7) is 3.89. The Kier molecular flexibility index (Phi) is 3.01. The molecule has 21 heavy (non-hydrogen) atoms. The quantitative estimate of drug-likeness (QED) is 0.355. The van der Waals surface area contributed by atoms with Crippen molar-refractivity contribution in [3.63, 3.8) is 0 Å². The molecule has 0 unspecified atom stereocenters. The van der Waals surface area contributed by atoms with Gasteiger partial charge in [0, 0.05) is 0 Å². The molecule has 0 bridgehead atoms. The third-order valence-electron chi connectivity index (χ3n) is 4.24. The number of fused-ring (bicyclic) bond motifs is 2. The maximum atomic E-state index is 3.89. The lowest BCUT2D eigenvalue weighted by Gasteiger charge is -2.22. The third-order valence-corrected chi connectivity index (χ3v) is 5.84. The van der Waals surface area contributed by atoms with E-state index in [-0.39, 0.29) is 0 Å². The molecule has 2 aliphatic carbocycles. The molecule has 0 heterocycles. The van der Waals surface area contributed by atoms with Crippen molar-refractivity contribution in [1.82, 2.24) is 0 Å². The maximum absolute atomic E-state index is 3.89. The standard InChI is InChI=1S/C20H16Si/c1-2-11-21-20(18-9-5-14-3-7-16(14)12-18)19-10-6-15-4-8-17(15)13-19/h2-10,12-13,20H,1,11H2. The number of rotatable bonds is 5. The molecule has 2 radical (unpaired) electrons. The first-order valence-electron chi connectivity index (χ1n) is 7.33. The van der Waals surface area contributed by atoms with Crippen LogP contribution in [0, 0.1) is 0 Å². The van der Waals surface area contributed by atoms with Crippen LogP contribution in [0.4, 0.5) is 0 Å². The van der Waals surface area contributed by atoms with E-state index in [0.29, 0.717) is 5.54 Å². The van der Waals surface area contributed by atoms with E-state index in [2.05, 4.69) is 67.3 Å². The highest BCUT2D eigenvalue weighted by molar-refractivity contribution is 6.39. The van der Waals surface area contributed by atoms with Crippen LogP contribution >= 0.6 is 0 Å². The fourth-order valence-corrected chi connectivity index (χ4v) is 4.17. The van der Waals surface area contributed by atoms with Gasteiger partial charge in [-0.25, -0.2) is 0 Å². The van der Waals surface area contributed by atoms with Crippen molar-refractivity contribution in [1.29, 1.82) is 0 Å². The lowest BCUT2D eigenvalue weighted by molar-refractivity contribution is 1.11. The number of hydrogen-bond donors (Lipinski definition) is 0. The van der Waals surface area contributed by atoms with E-state index >= 15 is 0 Å². The summed E-state index contributed by atoms with van der Waals surface area (Å²) in [5.41, 5.74) is 8.84. The molecule has 0 saturated heterocycles. The first-order chi connectivity index (χ1) is 10.3. The molecule has 0 saturated carbocycles. The van der Waals surface area contributed by atoms with Crippen LogP contribution in [0.15, 0.2) is 49.1 Å². The van der Waals surface area contributed by atoms with E-state index < -0.39 is 0 Å². The van der Waals surface area contributed by atoms with E-state index in [1.807, 2.05) is 6.08 Å². The highest BCUT2D eigenvalue weighted by Gasteiger charge is 2.18. The molecule has 2 aliphatic rings. The Bertz CT molecular complexity index is 719. The predicted molar refractivity (Wildman–Crippen MR) is 93.3 cm³/mol. The van der Waals surface area contributed by atoms with E-state index in [1.54, 1.807) is 0 Å². The van der Waals surface area contributed by atoms with Gasteiger partial charge in [-0.15, -0.1) is 6.58 Å². The molecule has 100 valence electrons. The summed E-state index contributed by atoms with van der Waals surface area (Å²) in [7, 11) is 0.846. The summed E-state index contributed by atoms with van der Waals surface area (Å²) in [5, 5.41) is 0. The van der Waals surface area contributed by atoms with Crippen molar-refractivity contribution in [2.24, 2.45) is 0 Å². The zero-order chi connectivity index (χ0) is 14.2. The van der Waals surface area contributed by atoms with E-state index in [9.17, 15) is 0 Å². The minimum absolute atomic E-state index is 0.488. The number of allylic oxidation sites excluding steroid dienone is 1. The van der Waals surface area contributed by atoms with Crippen LogP contribution in [0.1, 0.15) is 38.9 Å². The largest absolute Gasteiger partial charge is 0.103 e. The molecule has 4 rings (SSSR count). The zero-order valence-electron chi connectivity index (χ0n) is 11.8. The fraction of sp³-hybridized carbons (Fsp3) is 0.100. The molecule has 0 aromatic heterocycles. The van der Waals surface area contributed by atoms with Gasteiger partial charge in [0.05, 0.1) is 9.52 Å². The Balaban J connectivity index is 1.71. The smallest absolute Gasteiger partial charge is 0.0576 e. The van der Waals surface area contributed by atoms with Gasteiger partial charge < -0.3 is 0 Å². The van der Waals surface area contributed by atoms with Crippen molar-refractivity contribution < 1.29 is 0 Å². The van der Waals surface area contributed by atoms with Crippen molar-refractivity contribution >= 4 is 33.8 Å². The summed E-state index contributed by atoms with van der Waals surface area (Å²) in [5.74, 6) is 0. The Morgan fingerprint density at radius 3 is 1.71 bits per heavy atom. The van der Waals surface area contributed by atoms with Crippen molar-refractivity contribution in [2.45, 2.75) is 11.6 Å².